The van der Waals surface area contributed by atoms with Crippen LogP contribution < -0.4 is 14.9 Å². The van der Waals surface area contributed by atoms with Crippen LogP contribution in [0.3, 0.4) is 0 Å². The van der Waals surface area contributed by atoms with Gasteiger partial charge in [0.25, 0.3) is 0 Å². The number of halogens is 3. The molecule has 1 aliphatic rings. The number of aromatic nitrogens is 3. The Morgan fingerprint density at radius 1 is 1.30 bits per heavy atom. The second kappa shape index (κ2) is 6.99. The molecular weight excluding hydrogens is 383 g/mol. The number of hydrogen-bond acceptors (Lipinski definition) is 8. The van der Waals surface area contributed by atoms with Gasteiger partial charge in [-0.25, -0.2) is 4.98 Å². The molecule has 0 atom stereocenters. The molecule has 0 spiro atoms. The molecule has 0 amide bonds. The fraction of sp³-hybridized carbons (Fsp3) is 0.250. The summed E-state index contributed by atoms with van der Waals surface area (Å²) in [6.45, 7) is 0.574. The molecule has 11 heteroatoms. The molecular formula is C16H12F3N5O2S. The SMILES string of the molecule is FC(F)(F)Oc1cnc2nc(N/N=C3/CCCOc4cccnc43)sc2c1. The van der Waals surface area contributed by atoms with Gasteiger partial charge in [-0.05, 0) is 25.0 Å². The lowest BCUT2D eigenvalue weighted by molar-refractivity contribution is -0.274. The zero-order valence-corrected chi connectivity index (χ0v) is 14.5. The summed E-state index contributed by atoms with van der Waals surface area (Å²) in [5.41, 5.74) is 4.52. The Balaban J connectivity index is 1.58. The van der Waals surface area contributed by atoms with Crippen molar-refractivity contribution in [2.45, 2.75) is 19.2 Å². The minimum Gasteiger partial charge on any atom is -0.491 e. The lowest BCUT2D eigenvalue weighted by Crippen LogP contribution is -2.17. The van der Waals surface area contributed by atoms with Gasteiger partial charge in [-0.15, -0.1) is 13.2 Å². The van der Waals surface area contributed by atoms with Crippen molar-refractivity contribution in [1.82, 2.24) is 15.0 Å². The average molecular weight is 395 g/mol. The molecule has 0 aromatic carbocycles. The number of fused-ring (bicyclic) bond motifs is 2. The number of rotatable bonds is 3. The summed E-state index contributed by atoms with van der Waals surface area (Å²) in [5, 5.41) is 4.76. The zero-order chi connectivity index (χ0) is 18.9. The van der Waals surface area contributed by atoms with E-state index in [1.165, 1.54) is 6.07 Å². The number of pyridine rings is 2. The van der Waals surface area contributed by atoms with Crippen LogP contribution >= 0.6 is 11.3 Å². The van der Waals surface area contributed by atoms with Crippen LogP contribution in [-0.2, 0) is 0 Å². The lowest BCUT2D eigenvalue weighted by atomic mass is 10.1. The first-order valence-corrected chi connectivity index (χ1v) is 8.73. The van der Waals surface area contributed by atoms with E-state index in [1.54, 1.807) is 12.3 Å². The van der Waals surface area contributed by atoms with Gasteiger partial charge in [-0.1, -0.05) is 11.3 Å². The van der Waals surface area contributed by atoms with E-state index in [0.29, 0.717) is 39.9 Å². The zero-order valence-electron chi connectivity index (χ0n) is 13.7. The molecule has 1 aliphatic heterocycles. The molecule has 0 aliphatic carbocycles. The minimum absolute atomic E-state index is 0.306. The van der Waals surface area contributed by atoms with Crippen LogP contribution in [0.15, 0.2) is 35.7 Å². The molecule has 7 nitrogen and oxygen atoms in total. The summed E-state index contributed by atoms with van der Waals surface area (Å²) >= 11 is 1.12. The van der Waals surface area contributed by atoms with Crippen molar-refractivity contribution < 1.29 is 22.6 Å². The summed E-state index contributed by atoms with van der Waals surface area (Å²) in [5.74, 6) is 0.269. The van der Waals surface area contributed by atoms with E-state index in [2.05, 4.69) is 30.2 Å². The molecule has 0 unspecified atom stereocenters. The maximum absolute atomic E-state index is 12.3. The highest BCUT2D eigenvalue weighted by atomic mass is 32.1. The van der Waals surface area contributed by atoms with Gasteiger partial charge in [0.1, 0.15) is 17.2 Å². The molecule has 3 aromatic heterocycles. The standard InChI is InChI=1S/C16H12F3N5O2S/c17-16(18,19)26-9-7-12-14(21-8-9)22-15(27-12)24-23-10-3-2-6-25-11-4-1-5-20-13(10)11/h1,4-5,7-8H,2-3,6H2,(H,21,22,24)/b23-10-. The summed E-state index contributed by atoms with van der Waals surface area (Å²) in [6.07, 6.45) is -0.671. The van der Waals surface area contributed by atoms with E-state index in [-0.39, 0.29) is 0 Å². The maximum atomic E-state index is 12.3. The van der Waals surface area contributed by atoms with Crippen molar-refractivity contribution in [2.75, 3.05) is 12.0 Å². The molecule has 0 fully saturated rings. The summed E-state index contributed by atoms with van der Waals surface area (Å²) < 4.78 is 46.9. The first-order chi connectivity index (χ1) is 13.0. The number of thiazole rings is 1. The monoisotopic (exact) mass is 395 g/mol. The largest absolute Gasteiger partial charge is 0.573 e. The van der Waals surface area contributed by atoms with Crippen molar-refractivity contribution in [1.29, 1.82) is 0 Å². The molecule has 0 saturated carbocycles. The van der Waals surface area contributed by atoms with Gasteiger partial charge in [0.2, 0.25) is 5.13 Å². The van der Waals surface area contributed by atoms with Crippen LogP contribution in [0.4, 0.5) is 18.3 Å². The highest BCUT2D eigenvalue weighted by Gasteiger charge is 2.31. The third-order valence-corrected chi connectivity index (χ3v) is 4.50. The molecule has 0 radical (unpaired) electrons. The van der Waals surface area contributed by atoms with Gasteiger partial charge in [-0.3, -0.25) is 10.4 Å². The lowest BCUT2D eigenvalue weighted by Gasteiger charge is -2.07. The topological polar surface area (TPSA) is 81.5 Å². The van der Waals surface area contributed by atoms with Gasteiger partial charge < -0.3 is 9.47 Å². The van der Waals surface area contributed by atoms with E-state index in [0.717, 1.165) is 29.7 Å². The third kappa shape index (κ3) is 4.08. The fourth-order valence-electron chi connectivity index (χ4n) is 2.53. The molecule has 4 rings (SSSR count). The highest BCUT2D eigenvalue weighted by molar-refractivity contribution is 7.22. The smallest absolute Gasteiger partial charge is 0.491 e. The summed E-state index contributed by atoms with van der Waals surface area (Å²) in [6, 6.07) is 4.85. The van der Waals surface area contributed by atoms with Crippen LogP contribution in [0.2, 0.25) is 0 Å². The number of alkyl halides is 3. The third-order valence-electron chi connectivity index (χ3n) is 3.60. The number of hydrazone groups is 1. The molecule has 4 heterocycles. The van der Waals surface area contributed by atoms with Gasteiger partial charge in [0, 0.05) is 12.3 Å². The molecule has 0 bridgehead atoms. The van der Waals surface area contributed by atoms with Crippen LogP contribution in [0, 0.1) is 0 Å². The molecule has 0 saturated heterocycles. The fourth-order valence-corrected chi connectivity index (χ4v) is 3.32. The predicted octanol–water partition coefficient (Wildman–Crippen LogP) is 3.97. The maximum Gasteiger partial charge on any atom is 0.573 e. The van der Waals surface area contributed by atoms with Crippen LogP contribution in [-0.4, -0.2) is 33.6 Å². The van der Waals surface area contributed by atoms with E-state index in [9.17, 15) is 13.2 Å². The Hall–Kier alpha value is -2.95. The van der Waals surface area contributed by atoms with Crippen LogP contribution in [0.1, 0.15) is 18.5 Å². The van der Waals surface area contributed by atoms with Crippen molar-refractivity contribution in [3.63, 3.8) is 0 Å². The van der Waals surface area contributed by atoms with E-state index in [4.69, 9.17) is 4.74 Å². The number of nitrogens with one attached hydrogen (secondary N) is 1. The Kier molecular flexibility index (Phi) is 4.52. The molecule has 3 aromatic rings. The Morgan fingerprint density at radius 3 is 3.04 bits per heavy atom. The number of ether oxygens (including phenoxy) is 2. The predicted molar refractivity (Wildman–Crippen MR) is 93.2 cm³/mol. The van der Waals surface area contributed by atoms with Gasteiger partial charge in [0.05, 0.1) is 23.2 Å². The summed E-state index contributed by atoms with van der Waals surface area (Å²) in [7, 11) is 0. The Morgan fingerprint density at radius 2 is 2.19 bits per heavy atom. The van der Waals surface area contributed by atoms with Crippen LogP contribution in [0.25, 0.3) is 10.3 Å². The quantitative estimate of drug-likeness (QED) is 0.676. The van der Waals surface area contributed by atoms with Crippen molar-refractivity contribution in [3.05, 3.63) is 36.3 Å². The first-order valence-electron chi connectivity index (χ1n) is 7.91. The Bertz CT molecular complexity index is 1010. The average Bonchev–Trinajstić information content (AvgIpc) is 2.90. The number of anilines is 1. The minimum atomic E-state index is -4.77. The van der Waals surface area contributed by atoms with E-state index < -0.39 is 12.1 Å². The van der Waals surface area contributed by atoms with Gasteiger partial charge >= 0.3 is 6.36 Å². The van der Waals surface area contributed by atoms with Crippen LogP contribution in [0.5, 0.6) is 11.5 Å². The highest BCUT2D eigenvalue weighted by Crippen LogP contribution is 2.30. The number of hydrogen-bond donors (Lipinski definition) is 1. The molecule has 140 valence electrons. The van der Waals surface area contributed by atoms with E-state index >= 15 is 0 Å². The second-order valence-electron chi connectivity index (χ2n) is 5.53. The van der Waals surface area contributed by atoms with E-state index in [1.807, 2.05) is 6.07 Å². The normalized spacial score (nSPS) is 15.9. The first kappa shape index (κ1) is 17.5. The van der Waals surface area contributed by atoms with Crippen molar-refractivity contribution >= 4 is 32.5 Å². The Labute approximate surface area is 154 Å². The van der Waals surface area contributed by atoms with Crippen molar-refractivity contribution in [3.8, 4) is 11.5 Å². The molecule has 1 N–H and O–H groups in total. The van der Waals surface area contributed by atoms with Gasteiger partial charge in [-0.2, -0.15) is 10.1 Å². The number of nitrogens with zero attached hydrogens (tertiary/aromatic N) is 4. The molecule has 27 heavy (non-hydrogen) atoms. The van der Waals surface area contributed by atoms with Gasteiger partial charge in [0.15, 0.2) is 5.65 Å². The second-order valence-corrected chi connectivity index (χ2v) is 6.56. The summed E-state index contributed by atoms with van der Waals surface area (Å²) in [4.78, 5) is 12.4. The van der Waals surface area contributed by atoms with Crippen molar-refractivity contribution in [2.24, 2.45) is 5.10 Å².